The monoisotopic (exact) mass is 237 g/mol. The molecule has 0 aromatic heterocycles. The molecule has 1 atom stereocenters. The average molecular weight is 237 g/mol. The van der Waals surface area contributed by atoms with Crippen molar-refractivity contribution in [2.75, 3.05) is 26.2 Å². The summed E-state index contributed by atoms with van der Waals surface area (Å²) in [7, 11) is 0. The first-order chi connectivity index (χ1) is 8.20. The lowest BCUT2D eigenvalue weighted by molar-refractivity contribution is 0.181. The van der Waals surface area contributed by atoms with Gasteiger partial charge in [-0.3, -0.25) is 0 Å². The van der Waals surface area contributed by atoms with Crippen LogP contribution in [-0.4, -0.2) is 37.1 Å². The number of nitrogens with one attached hydrogen (secondary N) is 1. The number of amides is 2. The van der Waals surface area contributed by atoms with Crippen LogP contribution in [0, 0.1) is 5.82 Å². The molecule has 0 spiro atoms. The Morgan fingerprint density at radius 2 is 2.35 bits per heavy atom. The Kier molecular flexibility index (Phi) is 3.58. The molecule has 5 heteroatoms. The second kappa shape index (κ2) is 5.14. The van der Waals surface area contributed by atoms with E-state index in [1.807, 2.05) is 6.07 Å². The largest absolute Gasteiger partial charge is 0.337 e. The Balaban J connectivity index is 2.10. The van der Waals surface area contributed by atoms with Gasteiger partial charge < -0.3 is 16.0 Å². The summed E-state index contributed by atoms with van der Waals surface area (Å²) in [5.41, 5.74) is 6.36. The number of carbonyl (C=O) groups excluding carboxylic acids is 1. The predicted molar refractivity (Wildman–Crippen MR) is 63.2 cm³/mol. The molecule has 1 unspecified atom stereocenters. The number of nitrogens with zero attached hydrogens (tertiary/aromatic N) is 1. The summed E-state index contributed by atoms with van der Waals surface area (Å²) in [4.78, 5) is 13.2. The average Bonchev–Trinajstić information content (AvgIpc) is 2.32. The van der Waals surface area contributed by atoms with Crippen molar-refractivity contribution < 1.29 is 9.18 Å². The Labute approximate surface area is 99.6 Å². The highest BCUT2D eigenvalue weighted by Gasteiger charge is 2.25. The molecule has 1 saturated heterocycles. The van der Waals surface area contributed by atoms with Gasteiger partial charge in [-0.1, -0.05) is 12.1 Å². The minimum Gasteiger partial charge on any atom is -0.337 e. The van der Waals surface area contributed by atoms with E-state index in [9.17, 15) is 9.18 Å². The van der Waals surface area contributed by atoms with Crippen LogP contribution in [0.3, 0.4) is 0 Å². The van der Waals surface area contributed by atoms with Gasteiger partial charge in [0.1, 0.15) is 5.82 Å². The van der Waals surface area contributed by atoms with Gasteiger partial charge in [0, 0.05) is 32.1 Å². The van der Waals surface area contributed by atoms with E-state index < -0.39 is 0 Å². The maximum atomic E-state index is 13.1. The van der Waals surface area contributed by atoms with E-state index in [1.54, 1.807) is 11.0 Å². The molecule has 0 bridgehead atoms. The highest BCUT2D eigenvalue weighted by atomic mass is 19.1. The van der Waals surface area contributed by atoms with Crippen molar-refractivity contribution in [1.82, 2.24) is 10.2 Å². The second-order valence-electron chi connectivity index (χ2n) is 4.17. The van der Waals surface area contributed by atoms with E-state index in [-0.39, 0.29) is 17.8 Å². The lowest BCUT2D eigenvalue weighted by atomic mass is 9.97. The van der Waals surface area contributed by atoms with E-state index in [2.05, 4.69) is 5.32 Å². The first kappa shape index (κ1) is 11.9. The third kappa shape index (κ3) is 2.74. The lowest BCUT2D eigenvalue weighted by Crippen LogP contribution is -2.51. The molecular formula is C12H16FN3O. The summed E-state index contributed by atoms with van der Waals surface area (Å²) in [6, 6.07) is 6.41. The summed E-state index contributed by atoms with van der Waals surface area (Å²) in [6.45, 7) is 2.09. The van der Waals surface area contributed by atoms with Gasteiger partial charge in [0.25, 0.3) is 0 Å². The van der Waals surface area contributed by atoms with Gasteiger partial charge in [-0.05, 0) is 17.7 Å². The maximum absolute atomic E-state index is 13.1. The molecular weight excluding hydrogens is 221 g/mol. The summed E-state index contributed by atoms with van der Waals surface area (Å²) in [6.07, 6.45) is 0. The zero-order valence-corrected chi connectivity index (χ0v) is 9.53. The molecule has 1 aliphatic rings. The molecule has 1 heterocycles. The number of halogens is 1. The highest BCUT2D eigenvalue weighted by Crippen LogP contribution is 2.20. The number of hydrogen-bond acceptors (Lipinski definition) is 2. The molecule has 0 saturated carbocycles. The van der Waals surface area contributed by atoms with E-state index in [0.717, 1.165) is 5.56 Å². The fourth-order valence-corrected chi connectivity index (χ4v) is 2.07. The molecule has 0 radical (unpaired) electrons. The SMILES string of the molecule is NCCN1CC(c2cccc(F)c2)CNC1=O. The highest BCUT2D eigenvalue weighted by molar-refractivity contribution is 5.75. The van der Waals surface area contributed by atoms with Crippen LogP contribution < -0.4 is 11.1 Å². The van der Waals surface area contributed by atoms with Gasteiger partial charge in [-0.25, -0.2) is 9.18 Å². The van der Waals surface area contributed by atoms with Gasteiger partial charge in [0.2, 0.25) is 0 Å². The number of urea groups is 1. The van der Waals surface area contributed by atoms with Crippen LogP contribution in [0.1, 0.15) is 11.5 Å². The number of nitrogens with two attached hydrogens (primary N) is 1. The van der Waals surface area contributed by atoms with Crippen molar-refractivity contribution in [3.05, 3.63) is 35.6 Å². The molecule has 3 N–H and O–H groups in total. The van der Waals surface area contributed by atoms with Gasteiger partial charge in [0.15, 0.2) is 0 Å². The quantitative estimate of drug-likeness (QED) is 0.820. The van der Waals surface area contributed by atoms with Crippen LogP contribution in [-0.2, 0) is 0 Å². The Bertz CT molecular complexity index is 410. The fourth-order valence-electron chi connectivity index (χ4n) is 2.07. The summed E-state index contributed by atoms with van der Waals surface area (Å²) in [5, 5.41) is 2.79. The third-order valence-electron chi connectivity index (χ3n) is 2.95. The standard InChI is InChI=1S/C12H16FN3O/c13-11-3-1-2-9(6-11)10-7-15-12(17)16(8-10)5-4-14/h1-3,6,10H,4-5,7-8,14H2,(H,15,17). The zero-order chi connectivity index (χ0) is 12.3. The fraction of sp³-hybridized carbons (Fsp3) is 0.417. The van der Waals surface area contributed by atoms with E-state index in [4.69, 9.17) is 5.73 Å². The number of rotatable bonds is 3. The minimum absolute atomic E-state index is 0.0943. The normalized spacial score (nSPS) is 20.2. The summed E-state index contributed by atoms with van der Waals surface area (Å²) >= 11 is 0. The number of carbonyl (C=O) groups is 1. The van der Waals surface area contributed by atoms with Crippen molar-refractivity contribution in [3.8, 4) is 0 Å². The first-order valence-corrected chi connectivity index (χ1v) is 5.69. The topological polar surface area (TPSA) is 58.4 Å². The number of benzene rings is 1. The zero-order valence-electron chi connectivity index (χ0n) is 9.53. The van der Waals surface area contributed by atoms with Crippen LogP contribution in [0.2, 0.25) is 0 Å². The maximum Gasteiger partial charge on any atom is 0.317 e. The van der Waals surface area contributed by atoms with Gasteiger partial charge in [0.05, 0.1) is 0 Å². The van der Waals surface area contributed by atoms with Crippen molar-refractivity contribution in [2.45, 2.75) is 5.92 Å². The predicted octanol–water partition coefficient (Wildman–Crippen LogP) is 0.893. The molecule has 92 valence electrons. The summed E-state index contributed by atoms with van der Waals surface area (Å²) < 4.78 is 13.1. The van der Waals surface area contributed by atoms with Crippen molar-refractivity contribution in [2.24, 2.45) is 5.73 Å². The van der Waals surface area contributed by atoms with Gasteiger partial charge in [-0.15, -0.1) is 0 Å². The second-order valence-corrected chi connectivity index (χ2v) is 4.17. The smallest absolute Gasteiger partial charge is 0.317 e. The Morgan fingerprint density at radius 1 is 1.53 bits per heavy atom. The molecule has 1 aromatic carbocycles. The van der Waals surface area contributed by atoms with Gasteiger partial charge >= 0.3 is 6.03 Å². The molecule has 1 aromatic rings. The summed E-state index contributed by atoms with van der Waals surface area (Å²) in [5.74, 6) is -0.125. The van der Waals surface area contributed by atoms with E-state index >= 15 is 0 Å². The van der Waals surface area contributed by atoms with Crippen LogP contribution in [0.5, 0.6) is 0 Å². The van der Waals surface area contributed by atoms with Crippen LogP contribution >= 0.6 is 0 Å². The van der Waals surface area contributed by atoms with Crippen molar-refractivity contribution in [1.29, 1.82) is 0 Å². The van der Waals surface area contributed by atoms with E-state index in [1.165, 1.54) is 12.1 Å². The third-order valence-corrected chi connectivity index (χ3v) is 2.95. The molecule has 2 amide bonds. The molecule has 1 fully saturated rings. The van der Waals surface area contributed by atoms with E-state index in [0.29, 0.717) is 26.2 Å². The molecule has 4 nitrogen and oxygen atoms in total. The van der Waals surface area contributed by atoms with Crippen molar-refractivity contribution in [3.63, 3.8) is 0 Å². The van der Waals surface area contributed by atoms with Crippen LogP contribution in [0.4, 0.5) is 9.18 Å². The van der Waals surface area contributed by atoms with Crippen LogP contribution in [0.25, 0.3) is 0 Å². The number of hydrogen-bond donors (Lipinski definition) is 2. The lowest BCUT2D eigenvalue weighted by Gasteiger charge is -2.33. The minimum atomic E-state index is -0.246. The first-order valence-electron chi connectivity index (χ1n) is 5.69. The van der Waals surface area contributed by atoms with Crippen LogP contribution in [0.15, 0.2) is 24.3 Å². The molecule has 1 aliphatic heterocycles. The Hall–Kier alpha value is -1.62. The Morgan fingerprint density at radius 3 is 3.06 bits per heavy atom. The molecule has 2 rings (SSSR count). The van der Waals surface area contributed by atoms with Gasteiger partial charge in [-0.2, -0.15) is 0 Å². The molecule has 17 heavy (non-hydrogen) atoms. The molecule has 0 aliphatic carbocycles. The van der Waals surface area contributed by atoms with Crippen molar-refractivity contribution >= 4 is 6.03 Å².